The highest BCUT2D eigenvalue weighted by atomic mass is 19.4. The minimum absolute atomic E-state index is 0.00189. The molecular formula is C59H76F6N2O10. The lowest BCUT2D eigenvalue weighted by molar-refractivity contribution is -0.280. The van der Waals surface area contributed by atoms with Gasteiger partial charge in [0.2, 0.25) is 0 Å². The third-order valence-electron chi connectivity index (χ3n) is 14.7. The number of ether oxygens (including phenoxy) is 7. The van der Waals surface area contributed by atoms with Gasteiger partial charge in [-0.3, -0.25) is 4.79 Å². The van der Waals surface area contributed by atoms with Gasteiger partial charge in [0.05, 0.1) is 35.8 Å². The van der Waals surface area contributed by atoms with Crippen LogP contribution in [0.4, 0.5) is 26.3 Å². The number of carbonyl (C=O) groups excluding carboxylic acids is 2. The quantitative estimate of drug-likeness (QED) is 0.0292. The van der Waals surface area contributed by atoms with Crippen LogP contribution in [0.5, 0.6) is 0 Å². The summed E-state index contributed by atoms with van der Waals surface area (Å²) in [4.78, 5) is 43.0. The number of alkyl halides is 6. The number of carbonyl (C=O) groups is 2. The number of benzene rings is 3. The van der Waals surface area contributed by atoms with E-state index < -0.39 is 101 Å². The number of para-hydroxylation sites is 1. The number of rotatable bonds is 29. The van der Waals surface area contributed by atoms with Crippen LogP contribution in [-0.2, 0) is 60.4 Å². The minimum atomic E-state index is -5.37. The van der Waals surface area contributed by atoms with Crippen molar-refractivity contribution in [3.8, 4) is 5.69 Å². The van der Waals surface area contributed by atoms with Crippen LogP contribution in [-0.4, -0.2) is 90.7 Å². The van der Waals surface area contributed by atoms with Crippen molar-refractivity contribution in [1.29, 1.82) is 0 Å². The molecule has 0 aliphatic carbocycles. The molecule has 0 N–H and O–H groups in total. The maximum Gasteiger partial charge on any atom is 0.432 e. The van der Waals surface area contributed by atoms with E-state index in [2.05, 4.69) is 12.0 Å². The minimum Gasteiger partial charge on any atom is -0.457 e. The molecule has 3 aromatic carbocycles. The molecule has 0 amide bonds. The van der Waals surface area contributed by atoms with Crippen LogP contribution >= 0.6 is 0 Å². The van der Waals surface area contributed by atoms with Crippen LogP contribution in [0.25, 0.3) is 5.69 Å². The Hall–Kier alpha value is -5.14. The van der Waals surface area contributed by atoms with Crippen molar-refractivity contribution in [2.45, 2.75) is 209 Å². The molecule has 0 spiro atoms. The Morgan fingerprint density at radius 2 is 1.08 bits per heavy atom. The number of unbranched alkanes of at least 4 members (excludes halogenated alkanes) is 11. The largest absolute Gasteiger partial charge is 0.457 e. The fourth-order valence-corrected chi connectivity index (χ4v) is 10.7. The number of aromatic nitrogens is 2. The molecule has 0 bridgehead atoms. The molecule has 6 rings (SSSR count). The number of hydrogen-bond donors (Lipinski definition) is 0. The van der Waals surface area contributed by atoms with Crippen LogP contribution in [0.2, 0.25) is 0 Å². The topological polar surface area (TPSA) is 134 Å². The first-order chi connectivity index (χ1) is 36.7. The van der Waals surface area contributed by atoms with Gasteiger partial charge in [0.1, 0.15) is 12.2 Å². The van der Waals surface area contributed by atoms with E-state index in [0.29, 0.717) is 17.8 Å². The number of hydrogen-bond acceptors (Lipinski definition) is 11. The first-order valence-corrected chi connectivity index (χ1v) is 27.1. The summed E-state index contributed by atoms with van der Waals surface area (Å²) in [5, 5.41) is 4.37. The van der Waals surface area contributed by atoms with E-state index in [-0.39, 0.29) is 31.2 Å². The van der Waals surface area contributed by atoms with Crippen molar-refractivity contribution < 1.29 is 69.1 Å². The number of esters is 2. The summed E-state index contributed by atoms with van der Waals surface area (Å²) in [7, 11) is 1.48. The molecule has 0 unspecified atom stereocenters. The Morgan fingerprint density at radius 1 is 0.649 bits per heavy atom. The van der Waals surface area contributed by atoms with Gasteiger partial charge in [-0.2, -0.15) is 36.1 Å². The van der Waals surface area contributed by atoms with Crippen molar-refractivity contribution in [1.82, 2.24) is 9.78 Å². The maximum atomic E-state index is 15.4. The fourth-order valence-electron chi connectivity index (χ4n) is 10.7. The fraction of sp³-hybridized carbons (Fsp3) is 0.593. The molecule has 77 heavy (non-hydrogen) atoms. The van der Waals surface area contributed by atoms with E-state index in [1.165, 1.54) is 93.8 Å². The van der Waals surface area contributed by atoms with Gasteiger partial charge in [0.15, 0.2) is 5.79 Å². The summed E-state index contributed by atoms with van der Waals surface area (Å²) in [5.41, 5.74) is -8.26. The second-order valence-corrected chi connectivity index (χ2v) is 20.7. The van der Waals surface area contributed by atoms with Crippen molar-refractivity contribution in [2.75, 3.05) is 14.2 Å². The molecule has 2 aliphatic heterocycles. The number of nitrogens with zero attached hydrogens (tertiary/aromatic N) is 2. The molecule has 0 radical (unpaired) electrons. The van der Waals surface area contributed by atoms with Gasteiger partial charge < -0.3 is 33.2 Å². The second-order valence-electron chi connectivity index (χ2n) is 20.7. The number of methoxy groups -OCH3 is 2. The predicted octanol–water partition coefficient (Wildman–Crippen LogP) is 13.1. The van der Waals surface area contributed by atoms with E-state index >= 15 is 26.3 Å². The lowest BCUT2D eigenvalue weighted by atomic mass is 9.92. The standard InChI is InChI=1S/C59H76F6N2O10/c1-7-8-9-10-11-12-13-14-15-16-17-27-34-49-50(77-55(3,4)76-49)38-37-47(74-53(69)56(71-5,58(60,61)62)43-28-21-18-22-29-43)46-35-36-48(73-46)51(40-42-39-41(2)66-67(52(42)68)45-32-25-20-26-33-45)75-54(70)57(72-6,59(63,64)65)44-30-23-19-24-31-44/h18-26,28-33,39,46-51H,7-17,27,34-38,40H2,1-6H3/t46-,47-,48-,49-,50-,51-,56+,57+/m0/s1. The highest BCUT2D eigenvalue weighted by Crippen LogP contribution is 2.46. The lowest BCUT2D eigenvalue weighted by Gasteiger charge is -2.36. The van der Waals surface area contributed by atoms with E-state index in [1.807, 2.05) is 0 Å². The molecule has 1 aromatic heterocycles. The highest BCUT2D eigenvalue weighted by molar-refractivity contribution is 5.83. The monoisotopic (exact) mass is 1090 g/mol. The van der Waals surface area contributed by atoms with Gasteiger partial charge in [-0.1, -0.05) is 163 Å². The Morgan fingerprint density at radius 3 is 1.55 bits per heavy atom. The van der Waals surface area contributed by atoms with Crippen LogP contribution in [0.3, 0.4) is 0 Å². The number of halogens is 6. The maximum absolute atomic E-state index is 15.4. The molecule has 4 aromatic rings. The van der Waals surface area contributed by atoms with Gasteiger partial charge in [0, 0.05) is 37.3 Å². The average Bonchev–Trinajstić information content (AvgIpc) is 4.01. The summed E-state index contributed by atoms with van der Waals surface area (Å²) in [6.07, 6.45) is -3.17. The van der Waals surface area contributed by atoms with Gasteiger partial charge in [-0.25, -0.2) is 9.59 Å². The van der Waals surface area contributed by atoms with E-state index in [9.17, 15) is 14.4 Å². The van der Waals surface area contributed by atoms with E-state index in [1.54, 1.807) is 51.1 Å². The van der Waals surface area contributed by atoms with Crippen LogP contribution in [0.15, 0.2) is 102 Å². The molecule has 18 heteroatoms. The van der Waals surface area contributed by atoms with Gasteiger partial charge >= 0.3 is 24.3 Å². The average molecular weight is 1090 g/mol. The van der Waals surface area contributed by atoms with Crippen molar-refractivity contribution in [3.63, 3.8) is 0 Å². The van der Waals surface area contributed by atoms with Gasteiger partial charge in [0.25, 0.3) is 16.8 Å². The molecule has 2 aliphatic rings. The molecule has 2 fully saturated rings. The molecular weight excluding hydrogens is 1010 g/mol. The van der Waals surface area contributed by atoms with Crippen LogP contribution < -0.4 is 5.56 Å². The SMILES string of the molecule is CCCCCCCCCCCCCC[C@@H]1OC(C)(C)O[C@H]1CC[C@H](OC(=O)[C@](OC)(c1ccccc1)C(F)(F)F)[C@@H]1CC[C@@H]([C@H](Cc2cc(C)nn(-c3ccccc3)c2=O)OC(=O)[C@](OC)(c2ccccc2)C(F)(F)F)O1. The van der Waals surface area contributed by atoms with Crippen LogP contribution in [0, 0.1) is 6.92 Å². The van der Waals surface area contributed by atoms with Gasteiger partial charge in [-0.15, -0.1) is 0 Å². The Kier molecular flexibility index (Phi) is 21.9. The molecule has 12 nitrogen and oxygen atoms in total. The summed E-state index contributed by atoms with van der Waals surface area (Å²) in [6, 6.07) is 22.4. The summed E-state index contributed by atoms with van der Waals surface area (Å²) in [5.74, 6) is -4.63. The Labute approximate surface area is 448 Å². The third-order valence-corrected chi connectivity index (χ3v) is 14.7. The molecule has 3 heterocycles. The van der Waals surface area contributed by atoms with E-state index in [4.69, 9.17) is 33.2 Å². The van der Waals surface area contributed by atoms with Crippen molar-refractivity contribution >= 4 is 11.9 Å². The Bertz CT molecular complexity index is 2510. The zero-order chi connectivity index (χ0) is 55.9. The second kappa shape index (κ2) is 27.6. The summed E-state index contributed by atoms with van der Waals surface area (Å²) in [6.45, 7) is 7.37. The number of aryl methyl sites for hydroxylation is 1. The third kappa shape index (κ3) is 15.2. The van der Waals surface area contributed by atoms with Crippen molar-refractivity contribution in [2.24, 2.45) is 0 Å². The zero-order valence-electron chi connectivity index (χ0n) is 45.2. The molecule has 424 valence electrons. The summed E-state index contributed by atoms with van der Waals surface area (Å²) >= 11 is 0. The smallest absolute Gasteiger partial charge is 0.432 e. The molecule has 8 atom stereocenters. The Balaban J connectivity index is 1.29. The normalized spacial score (nSPS) is 21.0. The zero-order valence-corrected chi connectivity index (χ0v) is 45.2. The summed E-state index contributed by atoms with van der Waals surface area (Å²) < 4.78 is 135. The first-order valence-electron chi connectivity index (χ1n) is 27.1. The van der Waals surface area contributed by atoms with Crippen LogP contribution in [0.1, 0.15) is 152 Å². The van der Waals surface area contributed by atoms with E-state index in [0.717, 1.165) is 68.9 Å². The molecule has 2 saturated heterocycles. The first kappa shape index (κ1) is 61.1. The predicted molar refractivity (Wildman–Crippen MR) is 277 cm³/mol. The van der Waals surface area contributed by atoms with Crippen molar-refractivity contribution in [3.05, 3.63) is 130 Å². The lowest BCUT2D eigenvalue weighted by Crippen LogP contribution is -2.54. The highest BCUT2D eigenvalue weighted by Gasteiger charge is 2.66. The molecule has 0 saturated carbocycles. The van der Waals surface area contributed by atoms with Gasteiger partial charge in [-0.05, 0) is 71.1 Å².